The Labute approximate surface area is 113 Å². The lowest BCUT2D eigenvalue weighted by atomic mass is 10.1. The summed E-state index contributed by atoms with van der Waals surface area (Å²) in [5.74, 6) is 0. The van der Waals surface area contributed by atoms with Crippen molar-refractivity contribution < 1.29 is 0 Å². The monoisotopic (exact) mass is 295 g/mol. The van der Waals surface area contributed by atoms with E-state index in [9.17, 15) is 0 Å². The zero-order chi connectivity index (χ0) is 12.7. The first-order valence-electron chi connectivity index (χ1n) is 6.12. The number of allylic oxidation sites excluding steroid dienone is 1. The summed E-state index contributed by atoms with van der Waals surface area (Å²) in [4.78, 5) is 0. The van der Waals surface area contributed by atoms with E-state index in [1.807, 2.05) is 0 Å². The molecule has 2 heteroatoms. The van der Waals surface area contributed by atoms with Crippen LogP contribution < -0.4 is 5.32 Å². The van der Waals surface area contributed by atoms with Gasteiger partial charge >= 0.3 is 0 Å². The standard InChI is InChI=1S/C15H22BrN/c1-15(2,3)17-12-6-4-5-7-13-8-10-14(16)11-9-13/h4-5,8-11,17H,6-7,12H2,1-3H3. The molecule has 0 unspecified atom stereocenters. The van der Waals surface area contributed by atoms with Crippen molar-refractivity contribution in [2.24, 2.45) is 0 Å². The van der Waals surface area contributed by atoms with E-state index >= 15 is 0 Å². The maximum atomic E-state index is 3.47. The molecular weight excluding hydrogens is 274 g/mol. The molecule has 0 aromatic heterocycles. The first-order chi connectivity index (χ1) is 7.97. The van der Waals surface area contributed by atoms with Crippen LogP contribution in [-0.4, -0.2) is 12.1 Å². The summed E-state index contributed by atoms with van der Waals surface area (Å²) in [7, 11) is 0. The molecule has 0 amide bonds. The highest BCUT2D eigenvalue weighted by atomic mass is 79.9. The molecule has 0 saturated carbocycles. The third kappa shape index (κ3) is 7.35. The van der Waals surface area contributed by atoms with Crippen LogP contribution in [0.5, 0.6) is 0 Å². The van der Waals surface area contributed by atoms with Crippen molar-refractivity contribution in [1.82, 2.24) is 5.32 Å². The van der Waals surface area contributed by atoms with E-state index in [1.165, 1.54) is 5.56 Å². The molecule has 94 valence electrons. The second-order valence-corrected chi connectivity index (χ2v) is 6.18. The SMILES string of the molecule is CC(C)(C)NCCC=CCc1ccc(Br)cc1. The molecule has 1 aromatic carbocycles. The van der Waals surface area contributed by atoms with Crippen molar-refractivity contribution in [3.63, 3.8) is 0 Å². The van der Waals surface area contributed by atoms with Gasteiger partial charge in [-0.2, -0.15) is 0 Å². The number of hydrogen-bond donors (Lipinski definition) is 1. The van der Waals surface area contributed by atoms with Crippen LogP contribution in [0, 0.1) is 0 Å². The molecule has 1 rings (SSSR count). The Kier molecular flexibility index (Phi) is 5.93. The Hall–Kier alpha value is -0.600. The summed E-state index contributed by atoms with van der Waals surface area (Å²) in [6, 6.07) is 8.48. The number of nitrogens with one attached hydrogen (secondary N) is 1. The molecule has 1 aromatic rings. The summed E-state index contributed by atoms with van der Waals surface area (Å²) in [5, 5.41) is 3.47. The summed E-state index contributed by atoms with van der Waals surface area (Å²) in [6.07, 6.45) is 6.60. The second kappa shape index (κ2) is 6.97. The van der Waals surface area contributed by atoms with Gasteiger partial charge in [0.15, 0.2) is 0 Å². The highest BCUT2D eigenvalue weighted by Gasteiger charge is 2.05. The molecule has 0 bridgehead atoms. The smallest absolute Gasteiger partial charge is 0.0175 e. The van der Waals surface area contributed by atoms with Gasteiger partial charge in [-0.05, 0) is 57.9 Å². The van der Waals surface area contributed by atoms with E-state index in [4.69, 9.17) is 0 Å². The molecule has 0 radical (unpaired) electrons. The van der Waals surface area contributed by atoms with E-state index in [2.05, 4.69) is 78.4 Å². The first-order valence-corrected chi connectivity index (χ1v) is 6.91. The van der Waals surface area contributed by atoms with Crippen molar-refractivity contribution in [3.8, 4) is 0 Å². The molecule has 0 aliphatic heterocycles. The van der Waals surface area contributed by atoms with E-state index in [1.54, 1.807) is 0 Å². The maximum absolute atomic E-state index is 3.47. The Bertz CT molecular complexity index is 346. The molecule has 0 fully saturated rings. The third-order valence-electron chi connectivity index (χ3n) is 2.40. The fourth-order valence-electron chi connectivity index (χ4n) is 1.49. The van der Waals surface area contributed by atoms with Gasteiger partial charge in [-0.3, -0.25) is 0 Å². The van der Waals surface area contributed by atoms with Crippen LogP contribution in [-0.2, 0) is 6.42 Å². The maximum Gasteiger partial charge on any atom is 0.0175 e. The fourth-order valence-corrected chi connectivity index (χ4v) is 1.75. The summed E-state index contributed by atoms with van der Waals surface area (Å²) >= 11 is 3.44. The van der Waals surface area contributed by atoms with Crippen molar-refractivity contribution >= 4 is 15.9 Å². The number of halogens is 1. The van der Waals surface area contributed by atoms with E-state index in [-0.39, 0.29) is 5.54 Å². The molecule has 0 spiro atoms. The van der Waals surface area contributed by atoms with Crippen LogP contribution in [0.15, 0.2) is 40.9 Å². The topological polar surface area (TPSA) is 12.0 Å². The molecule has 0 aliphatic rings. The van der Waals surface area contributed by atoms with Crippen LogP contribution in [0.25, 0.3) is 0 Å². The minimum Gasteiger partial charge on any atom is -0.312 e. The molecular formula is C15H22BrN. The quantitative estimate of drug-likeness (QED) is 0.630. The molecule has 0 saturated heterocycles. The first kappa shape index (κ1) is 14.5. The highest BCUT2D eigenvalue weighted by molar-refractivity contribution is 9.10. The Balaban J connectivity index is 2.20. The number of rotatable bonds is 5. The zero-order valence-corrected chi connectivity index (χ0v) is 12.5. The average molecular weight is 296 g/mol. The molecule has 1 nitrogen and oxygen atoms in total. The molecule has 0 atom stereocenters. The predicted molar refractivity (Wildman–Crippen MR) is 79.4 cm³/mol. The summed E-state index contributed by atoms with van der Waals surface area (Å²) in [6.45, 7) is 7.62. The van der Waals surface area contributed by atoms with Crippen molar-refractivity contribution in [1.29, 1.82) is 0 Å². The Morgan fingerprint density at radius 3 is 2.35 bits per heavy atom. The lowest BCUT2D eigenvalue weighted by Gasteiger charge is -2.19. The zero-order valence-electron chi connectivity index (χ0n) is 11.0. The van der Waals surface area contributed by atoms with Crippen LogP contribution in [0.4, 0.5) is 0 Å². The summed E-state index contributed by atoms with van der Waals surface area (Å²) < 4.78 is 1.14. The van der Waals surface area contributed by atoms with Crippen LogP contribution in [0.3, 0.4) is 0 Å². The lowest BCUT2D eigenvalue weighted by molar-refractivity contribution is 0.431. The van der Waals surface area contributed by atoms with Gasteiger partial charge in [0.05, 0.1) is 0 Å². The third-order valence-corrected chi connectivity index (χ3v) is 2.93. The molecule has 1 N–H and O–H groups in total. The normalized spacial score (nSPS) is 12.2. The minimum absolute atomic E-state index is 0.222. The van der Waals surface area contributed by atoms with Crippen molar-refractivity contribution in [2.45, 2.75) is 39.2 Å². The van der Waals surface area contributed by atoms with Gasteiger partial charge in [-0.25, -0.2) is 0 Å². The van der Waals surface area contributed by atoms with Gasteiger partial charge in [0.1, 0.15) is 0 Å². The number of hydrogen-bond acceptors (Lipinski definition) is 1. The fraction of sp³-hybridized carbons (Fsp3) is 0.467. The Morgan fingerprint density at radius 1 is 1.12 bits per heavy atom. The summed E-state index contributed by atoms with van der Waals surface area (Å²) in [5.41, 5.74) is 1.58. The van der Waals surface area contributed by atoms with E-state index in [0.717, 1.165) is 23.9 Å². The van der Waals surface area contributed by atoms with Gasteiger partial charge in [0.25, 0.3) is 0 Å². The van der Waals surface area contributed by atoms with Gasteiger partial charge < -0.3 is 5.32 Å². The lowest BCUT2D eigenvalue weighted by Crippen LogP contribution is -2.36. The Morgan fingerprint density at radius 2 is 1.76 bits per heavy atom. The average Bonchev–Trinajstić information content (AvgIpc) is 2.24. The van der Waals surface area contributed by atoms with Gasteiger partial charge in [-0.15, -0.1) is 0 Å². The van der Waals surface area contributed by atoms with Gasteiger partial charge in [-0.1, -0.05) is 40.2 Å². The van der Waals surface area contributed by atoms with E-state index in [0.29, 0.717) is 0 Å². The largest absolute Gasteiger partial charge is 0.312 e. The second-order valence-electron chi connectivity index (χ2n) is 5.27. The molecule has 0 aliphatic carbocycles. The van der Waals surface area contributed by atoms with Crippen molar-refractivity contribution in [2.75, 3.05) is 6.54 Å². The molecule has 17 heavy (non-hydrogen) atoms. The molecule has 0 heterocycles. The minimum atomic E-state index is 0.222. The highest BCUT2D eigenvalue weighted by Crippen LogP contribution is 2.11. The van der Waals surface area contributed by atoms with E-state index < -0.39 is 0 Å². The van der Waals surface area contributed by atoms with Crippen LogP contribution >= 0.6 is 15.9 Å². The van der Waals surface area contributed by atoms with Gasteiger partial charge in [0, 0.05) is 10.0 Å². The van der Waals surface area contributed by atoms with Gasteiger partial charge in [0.2, 0.25) is 0 Å². The van der Waals surface area contributed by atoms with Crippen LogP contribution in [0.2, 0.25) is 0 Å². The number of benzene rings is 1. The predicted octanol–water partition coefficient (Wildman–Crippen LogP) is 4.33. The van der Waals surface area contributed by atoms with Crippen molar-refractivity contribution in [3.05, 3.63) is 46.5 Å². The van der Waals surface area contributed by atoms with Crippen LogP contribution in [0.1, 0.15) is 32.8 Å².